The summed E-state index contributed by atoms with van der Waals surface area (Å²) in [5, 5.41) is 0. The number of hydrogen-bond donors (Lipinski definition) is 0. The highest BCUT2D eigenvalue weighted by molar-refractivity contribution is 6.77. The molecule has 86 valence electrons. The van der Waals surface area contributed by atoms with E-state index in [9.17, 15) is 4.79 Å². The molecular formula is C12H23NOSi. The van der Waals surface area contributed by atoms with E-state index in [1.54, 1.807) is 0 Å². The van der Waals surface area contributed by atoms with Crippen molar-refractivity contribution < 1.29 is 4.79 Å². The van der Waals surface area contributed by atoms with E-state index in [4.69, 9.17) is 0 Å². The van der Waals surface area contributed by atoms with E-state index in [0.717, 1.165) is 25.9 Å². The van der Waals surface area contributed by atoms with Crippen LogP contribution >= 0.6 is 0 Å². The van der Waals surface area contributed by atoms with Crippen molar-refractivity contribution in [1.82, 2.24) is 4.90 Å². The van der Waals surface area contributed by atoms with Crippen LogP contribution in [-0.2, 0) is 4.79 Å². The number of hydrogen-bond acceptors (Lipinski definition) is 1. The van der Waals surface area contributed by atoms with Gasteiger partial charge in [0.2, 0.25) is 5.91 Å². The standard InChI is InChI=1S/C12H23NOSi/c1-15(2)9-7-13(8-10-15)12(14)11-5-3-4-6-11/h11H,3-10H2,1-2H3. The molecule has 3 heteroatoms. The van der Waals surface area contributed by atoms with Crippen molar-refractivity contribution in [1.29, 1.82) is 0 Å². The summed E-state index contributed by atoms with van der Waals surface area (Å²) in [5.41, 5.74) is 0. The first kappa shape index (κ1) is 11.2. The highest BCUT2D eigenvalue weighted by atomic mass is 28.3. The fourth-order valence-electron chi connectivity index (χ4n) is 2.76. The van der Waals surface area contributed by atoms with Gasteiger partial charge >= 0.3 is 0 Å². The third-order valence-electron chi connectivity index (χ3n) is 4.13. The van der Waals surface area contributed by atoms with Crippen LogP contribution in [0.5, 0.6) is 0 Å². The maximum Gasteiger partial charge on any atom is 0.225 e. The van der Waals surface area contributed by atoms with Gasteiger partial charge in [0.25, 0.3) is 0 Å². The molecule has 0 aromatic carbocycles. The second-order valence-electron chi connectivity index (χ2n) is 5.97. The Morgan fingerprint density at radius 1 is 1.13 bits per heavy atom. The SMILES string of the molecule is C[Si]1(C)CCN(C(=O)C2CCCC2)CC1. The monoisotopic (exact) mass is 225 g/mol. The fourth-order valence-corrected chi connectivity index (χ4v) is 4.76. The molecular weight excluding hydrogens is 202 g/mol. The summed E-state index contributed by atoms with van der Waals surface area (Å²) < 4.78 is 0. The Morgan fingerprint density at radius 2 is 1.67 bits per heavy atom. The number of carbonyl (C=O) groups excluding carboxylic acids is 1. The highest BCUT2D eigenvalue weighted by Crippen LogP contribution is 2.29. The molecule has 2 fully saturated rings. The number of nitrogens with zero attached hydrogens (tertiary/aromatic N) is 1. The molecule has 0 aromatic rings. The molecule has 1 amide bonds. The first-order valence-electron chi connectivity index (χ1n) is 6.37. The zero-order valence-electron chi connectivity index (χ0n) is 10.1. The predicted octanol–water partition coefficient (Wildman–Crippen LogP) is 2.73. The molecule has 0 atom stereocenters. The average molecular weight is 225 g/mol. The molecule has 2 nitrogen and oxygen atoms in total. The van der Waals surface area contributed by atoms with Crippen molar-refractivity contribution in [2.45, 2.75) is 50.9 Å². The lowest BCUT2D eigenvalue weighted by atomic mass is 10.1. The molecule has 1 aliphatic heterocycles. The van der Waals surface area contributed by atoms with Crippen LogP contribution in [0.2, 0.25) is 25.2 Å². The van der Waals surface area contributed by atoms with Gasteiger partial charge in [-0.1, -0.05) is 25.9 Å². The zero-order chi connectivity index (χ0) is 10.9. The van der Waals surface area contributed by atoms with Crippen LogP contribution in [-0.4, -0.2) is 32.0 Å². The lowest BCUT2D eigenvalue weighted by Gasteiger charge is -2.36. The zero-order valence-corrected chi connectivity index (χ0v) is 11.1. The molecule has 1 saturated heterocycles. The molecule has 0 aromatic heterocycles. The van der Waals surface area contributed by atoms with Gasteiger partial charge in [0.05, 0.1) is 8.07 Å². The van der Waals surface area contributed by atoms with Gasteiger partial charge < -0.3 is 4.90 Å². The summed E-state index contributed by atoms with van der Waals surface area (Å²) in [7, 11) is -0.912. The molecule has 0 bridgehead atoms. The van der Waals surface area contributed by atoms with Crippen LogP contribution in [0.15, 0.2) is 0 Å². The summed E-state index contributed by atoms with van der Waals surface area (Å²) in [4.78, 5) is 14.3. The molecule has 0 spiro atoms. The van der Waals surface area contributed by atoms with Crippen molar-refractivity contribution in [3.8, 4) is 0 Å². The summed E-state index contributed by atoms with van der Waals surface area (Å²) >= 11 is 0. The maximum atomic E-state index is 12.2. The Kier molecular flexibility index (Phi) is 3.19. The van der Waals surface area contributed by atoms with E-state index < -0.39 is 8.07 Å². The summed E-state index contributed by atoms with van der Waals surface area (Å²) in [5.74, 6) is 0.852. The first-order valence-corrected chi connectivity index (χ1v) is 9.79. The van der Waals surface area contributed by atoms with E-state index in [0.29, 0.717) is 11.8 Å². The van der Waals surface area contributed by atoms with Gasteiger partial charge in [-0.05, 0) is 24.9 Å². The van der Waals surface area contributed by atoms with E-state index in [1.807, 2.05) is 0 Å². The van der Waals surface area contributed by atoms with Crippen LogP contribution in [0.1, 0.15) is 25.7 Å². The minimum absolute atomic E-state index is 0.382. The van der Waals surface area contributed by atoms with Gasteiger partial charge in [0.15, 0.2) is 0 Å². The van der Waals surface area contributed by atoms with Gasteiger partial charge in [-0.2, -0.15) is 0 Å². The maximum absolute atomic E-state index is 12.2. The van der Waals surface area contributed by atoms with Gasteiger partial charge in [0, 0.05) is 19.0 Å². The second-order valence-corrected chi connectivity index (χ2v) is 11.3. The van der Waals surface area contributed by atoms with Gasteiger partial charge in [0.1, 0.15) is 0 Å². The van der Waals surface area contributed by atoms with Gasteiger partial charge in [-0.3, -0.25) is 4.79 Å². The Hall–Kier alpha value is -0.313. The molecule has 1 saturated carbocycles. The molecule has 2 rings (SSSR count). The van der Waals surface area contributed by atoms with E-state index in [-0.39, 0.29) is 0 Å². The third-order valence-corrected chi connectivity index (χ3v) is 7.29. The normalized spacial score (nSPS) is 26.9. The van der Waals surface area contributed by atoms with Crippen molar-refractivity contribution in [3.63, 3.8) is 0 Å². The Morgan fingerprint density at radius 3 is 2.20 bits per heavy atom. The van der Waals surface area contributed by atoms with E-state index >= 15 is 0 Å². The quantitative estimate of drug-likeness (QED) is 0.628. The molecule has 1 heterocycles. The largest absolute Gasteiger partial charge is 0.343 e. The Balaban J connectivity index is 1.87. The van der Waals surface area contributed by atoms with Crippen molar-refractivity contribution in [3.05, 3.63) is 0 Å². The molecule has 1 aliphatic carbocycles. The second kappa shape index (κ2) is 4.28. The molecule has 0 unspecified atom stereocenters. The Labute approximate surface area is 94.0 Å². The third kappa shape index (κ3) is 2.62. The molecule has 2 aliphatic rings. The first-order chi connectivity index (χ1) is 7.08. The summed E-state index contributed by atoms with van der Waals surface area (Å²) in [6.07, 6.45) is 4.83. The lowest BCUT2D eigenvalue weighted by molar-refractivity contribution is -0.135. The van der Waals surface area contributed by atoms with Gasteiger partial charge in [-0.25, -0.2) is 0 Å². The minimum Gasteiger partial charge on any atom is -0.343 e. The molecule has 15 heavy (non-hydrogen) atoms. The van der Waals surface area contributed by atoms with Crippen LogP contribution < -0.4 is 0 Å². The minimum atomic E-state index is -0.912. The lowest BCUT2D eigenvalue weighted by Crippen LogP contribution is -2.47. The summed E-state index contributed by atoms with van der Waals surface area (Å²) in [6.45, 7) is 7.00. The number of rotatable bonds is 1. The van der Waals surface area contributed by atoms with Crippen molar-refractivity contribution in [2.75, 3.05) is 13.1 Å². The number of amides is 1. The average Bonchev–Trinajstić information content (AvgIpc) is 2.69. The number of carbonyl (C=O) groups is 1. The Bertz CT molecular complexity index is 236. The molecule has 0 N–H and O–H groups in total. The molecule has 0 radical (unpaired) electrons. The fraction of sp³-hybridized carbons (Fsp3) is 0.917. The van der Waals surface area contributed by atoms with Crippen molar-refractivity contribution >= 4 is 14.0 Å². The smallest absolute Gasteiger partial charge is 0.225 e. The van der Waals surface area contributed by atoms with E-state index in [2.05, 4.69) is 18.0 Å². The topological polar surface area (TPSA) is 20.3 Å². The van der Waals surface area contributed by atoms with Crippen LogP contribution in [0, 0.1) is 5.92 Å². The highest BCUT2D eigenvalue weighted by Gasteiger charge is 2.33. The van der Waals surface area contributed by atoms with Gasteiger partial charge in [-0.15, -0.1) is 0 Å². The van der Waals surface area contributed by atoms with Crippen LogP contribution in [0.4, 0.5) is 0 Å². The van der Waals surface area contributed by atoms with Crippen molar-refractivity contribution in [2.24, 2.45) is 5.92 Å². The van der Waals surface area contributed by atoms with Crippen LogP contribution in [0.25, 0.3) is 0 Å². The predicted molar refractivity (Wildman–Crippen MR) is 65.6 cm³/mol. The van der Waals surface area contributed by atoms with Crippen LogP contribution in [0.3, 0.4) is 0 Å². The van der Waals surface area contributed by atoms with E-state index in [1.165, 1.54) is 24.9 Å². The summed E-state index contributed by atoms with van der Waals surface area (Å²) in [6, 6.07) is 2.62.